The second-order valence-corrected chi connectivity index (χ2v) is 5.07. The monoisotopic (exact) mass is 315 g/mol. The van der Waals surface area contributed by atoms with Crippen LogP contribution in [0.4, 0.5) is 0 Å². The average Bonchev–Trinajstić information content (AvgIpc) is 2.58. The van der Waals surface area contributed by atoms with Gasteiger partial charge in [0.15, 0.2) is 5.96 Å². The molecule has 0 fully saturated rings. The predicted octanol–water partition coefficient (Wildman–Crippen LogP) is 2.55. The van der Waals surface area contributed by atoms with E-state index in [0.717, 1.165) is 30.8 Å². The maximum atomic E-state index is 5.83. The lowest BCUT2D eigenvalue weighted by Crippen LogP contribution is -2.34. The van der Waals surface area contributed by atoms with Crippen LogP contribution < -0.4 is 15.8 Å². The molecule has 0 heterocycles. The van der Waals surface area contributed by atoms with E-state index in [1.165, 1.54) is 5.39 Å². The molecule has 0 aliphatic heterocycles. The van der Waals surface area contributed by atoms with Crippen LogP contribution in [0, 0.1) is 0 Å². The first-order chi connectivity index (χ1) is 11.3. The van der Waals surface area contributed by atoms with E-state index < -0.39 is 0 Å². The van der Waals surface area contributed by atoms with Gasteiger partial charge < -0.3 is 20.5 Å². The topological polar surface area (TPSA) is 68.9 Å². The van der Waals surface area contributed by atoms with Gasteiger partial charge in [-0.15, -0.1) is 0 Å². The number of nitrogens with one attached hydrogen (secondary N) is 1. The van der Waals surface area contributed by atoms with Crippen LogP contribution in [-0.4, -0.2) is 38.9 Å². The fraction of sp³-hybridized carbons (Fsp3) is 0.389. The highest BCUT2D eigenvalue weighted by atomic mass is 16.5. The lowest BCUT2D eigenvalue weighted by molar-refractivity contribution is 0.146. The first kappa shape index (κ1) is 17.1. The number of nitrogens with two attached hydrogens (primary N) is 1. The largest absolute Gasteiger partial charge is 0.491 e. The maximum absolute atomic E-state index is 5.83. The van der Waals surface area contributed by atoms with Gasteiger partial charge in [-0.05, 0) is 24.8 Å². The van der Waals surface area contributed by atoms with E-state index in [-0.39, 0.29) is 0 Å². The Kier molecular flexibility index (Phi) is 7.20. The molecule has 2 rings (SSSR count). The highest BCUT2D eigenvalue weighted by molar-refractivity contribution is 5.88. The third-order valence-corrected chi connectivity index (χ3v) is 3.35. The van der Waals surface area contributed by atoms with Crippen molar-refractivity contribution < 1.29 is 9.47 Å². The van der Waals surface area contributed by atoms with Crippen molar-refractivity contribution in [3.8, 4) is 5.75 Å². The molecule has 0 aromatic heterocycles. The molecule has 5 nitrogen and oxygen atoms in total. The van der Waals surface area contributed by atoms with Crippen LogP contribution in [0.25, 0.3) is 10.8 Å². The Morgan fingerprint density at radius 3 is 2.83 bits per heavy atom. The van der Waals surface area contributed by atoms with E-state index in [1.807, 2.05) is 31.2 Å². The van der Waals surface area contributed by atoms with Crippen LogP contribution in [-0.2, 0) is 4.74 Å². The van der Waals surface area contributed by atoms with Crippen molar-refractivity contribution in [1.29, 1.82) is 0 Å². The number of guanidine groups is 1. The van der Waals surface area contributed by atoms with E-state index in [1.54, 1.807) is 0 Å². The molecule has 0 unspecified atom stereocenters. The maximum Gasteiger partial charge on any atom is 0.188 e. The van der Waals surface area contributed by atoms with Crippen molar-refractivity contribution in [2.45, 2.75) is 13.3 Å². The minimum Gasteiger partial charge on any atom is -0.491 e. The summed E-state index contributed by atoms with van der Waals surface area (Å²) in [6.45, 7) is 5.26. The van der Waals surface area contributed by atoms with Crippen molar-refractivity contribution in [2.75, 3.05) is 32.9 Å². The molecule has 5 heteroatoms. The fourth-order valence-corrected chi connectivity index (χ4v) is 2.23. The van der Waals surface area contributed by atoms with Crippen LogP contribution in [0.15, 0.2) is 47.5 Å². The molecule has 0 saturated carbocycles. The van der Waals surface area contributed by atoms with Gasteiger partial charge in [0.05, 0.1) is 6.54 Å². The number of rotatable bonds is 9. The van der Waals surface area contributed by atoms with Crippen molar-refractivity contribution in [2.24, 2.45) is 10.7 Å². The Balaban J connectivity index is 1.71. The summed E-state index contributed by atoms with van der Waals surface area (Å²) in [6, 6.07) is 14.2. The van der Waals surface area contributed by atoms with Gasteiger partial charge in [-0.3, -0.25) is 4.99 Å². The van der Waals surface area contributed by atoms with E-state index >= 15 is 0 Å². The molecular weight excluding hydrogens is 290 g/mol. The Hall–Kier alpha value is -2.27. The number of ether oxygens (including phenoxy) is 2. The second-order valence-electron chi connectivity index (χ2n) is 5.07. The first-order valence-corrected chi connectivity index (χ1v) is 8.03. The van der Waals surface area contributed by atoms with Gasteiger partial charge >= 0.3 is 0 Å². The molecule has 0 spiro atoms. The highest BCUT2D eigenvalue weighted by Crippen LogP contribution is 2.24. The van der Waals surface area contributed by atoms with E-state index in [2.05, 4.69) is 28.5 Å². The summed E-state index contributed by atoms with van der Waals surface area (Å²) in [4.78, 5) is 4.24. The zero-order valence-corrected chi connectivity index (χ0v) is 13.6. The Bertz CT molecular complexity index is 623. The second kappa shape index (κ2) is 9.69. The molecule has 23 heavy (non-hydrogen) atoms. The van der Waals surface area contributed by atoms with Crippen LogP contribution >= 0.6 is 0 Å². The molecule has 0 aliphatic rings. The lowest BCUT2D eigenvalue weighted by Gasteiger charge is -2.10. The summed E-state index contributed by atoms with van der Waals surface area (Å²) in [7, 11) is 0. The number of fused-ring (bicyclic) bond motifs is 1. The third-order valence-electron chi connectivity index (χ3n) is 3.35. The van der Waals surface area contributed by atoms with Gasteiger partial charge in [0.2, 0.25) is 0 Å². The van der Waals surface area contributed by atoms with Crippen LogP contribution in [0.1, 0.15) is 13.3 Å². The first-order valence-electron chi connectivity index (χ1n) is 8.03. The van der Waals surface area contributed by atoms with Gasteiger partial charge in [0.25, 0.3) is 0 Å². The molecule has 124 valence electrons. The molecule has 0 saturated heterocycles. The molecule has 0 aliphatic carbocycles. The van der Waals surface area contributed by atoms with Crippen LogP contribution in [0.5, 0.6) is 5.75 Å². The van der Waals surface area contributed by atoms with E-state index in [9.17, 15) is 0 Å². The molecule has 0 atom stereocenters. The van der Waals surface area contributed by atoms with Gasteiger partial charge in [0.1, 0.15) is 12.4 Å². The Morgan fingerprint density at radius 2 is 1.96 bits per heavy atom. The summed E-state index contributed by atoms with van der Waals surface area (Å²) in [5.74, 6) is 1.33. The number of hydrogen-bond donors (Lipinski definition) is 2. The van der Waals surface area contributed by atoms with Crippen LogP contribution in [0.3, 0.4) is 0 Å². The minimum absolute atomic E-state index is 0.447. The van der Waals surface area contributed by atoms with Crippen molar-refractivity contribution >= 4 is 16.7 Å². The number of nitrogens with zero attached hydrogens (tertiary/aromatic N) is 1. The Labute approximate surface area is 137 Å². The number of hydrogen-bond acceptors (Lipinski definition) is 3. The lowest BCUT2D eigenvalue weighted by atomic mass is 10.1. The zero-order chi connectivity index (χ0) is 16.3. The summed E-state index contributed by atoms with van der Waals surface area (Å²) in [5.41, 5.74) is 5.80. The van der Waals surface area contributed by atoms with Crippen LogP contribution in [0.2, 0.25) is 0 Å². The van der Waals surface area contributed by atoms with Crippen molar-refractivity contribution in [3.63, 3.8) is 0 Å². The quantitative estimate of drug-likeness (QED) is 0.424. The van der Waals surface area contributed by atoms with Gasteiger partial charge in [-0.1, -0.05) is 36.4 Å². The molecule has 0 amide bonds. The predicted molar refractivity (Wildman–Crippen MR) is 95.0 cm³/mol. The van der Waals surface area contributed by atoms with E-state index in [4.69, 9.17) is 15.2 Å². The van der Waals surface area contributed by atoms with Crippen molar-refractivity contribution in [1.82, 2.24) is 5.32 Å². The Morgan fingerprint density at radius 1 is 1.13 bits per heavy atom. The normalized spacial score (nSPS) is 11.6. The molecule has 3 N–H and O–H groups in total. The molecule has 2 aromatic rings. The smallest absolute Gasteiger partial charge is 0.188 e. The summed E-state index contributed by atoms with van der Waals surface area (Å²) in [6.07, 6.45) is 0.878. The fourth-order valence-electron chi connectivity index (χ4n) is 2.23. The van der Waals surface area contributed by atoms with E-state index in [0.29, 0.717) is 25.7 Å². The molecule has 0 radical (unpaired) electrons. The standard InChI is InChI=1S/C18H25N3O2/c1-2-22-13-6-11-20-18(19)21-12-14-23-17-10-5-8-15-7-3-4-9-16(15)17/h3-5,7-10H,2,6,11-14H2,1H3,(H3,19,20,21). The zero-order valence-electron chi connectivity index (χ0n) is 13.6. The summed E-state index contributed by atoms with van der Waals surface area (Å²) < 4.78 is 11.1. The molecular formula is C18H25N3O2. The third kappa shape index (κ3) is 5.79. The minimum atomic E-state index is 0.447. The summed E-state index contributed by atoms with van der Waals surface area (Å²) in [5, 5.41) is 5.35. The van der Waals surface area contributed by atoms with Crippen molar-refractivity contribution in [3.05, 3.63) is 42.5 Å². The van der Waals surface area contributed by atoms with Gasteiger partial charge in [-0.2, -0.15) is 0 Å². The molecule has 0 bridgehead atoms. The van der Waals surface area contributed by atoms with Gasteiger partial charge in [0, 0.05) is 25.1 Å². The number of aliphatic imine (C=N–C) groups is 1. The average molecular weight is 315 g/mol. The highest BCUT2D eigenvalue weighted by Gasteiger charge is 2.00. The van der Waals surface area contributed by atoms with Gasteiger partial charge in [-0.25, -0.2) is 0 Å². The SMILES string of the molecule is CCOCCCN=C(N)NCCOc1cccc2ccccc12. The summed E-state index contributed by atoms with van der Waals surface area (Å²) >= 11 is 0. The number of benzene rings is 2. The molecule has 2 aromatic carbocycles.